The van der Waals surface area contributed by atoms with Gasteiger partial charge in [-0.25, -0.2) is 0 Å². The molecule has 0 aromatic rings. The van der Waals surface area contributed by atoms with Gasteiger partial charge in [-0.2, -0.15) is 0 Å². The molecule has 1 rings (SSSR count). The predicted octanol–water partition coefficient (Wildman–Crippen LogP) is -1.41. The molecular weight excluding hydrogens is 350 g/mol. The Kier molecular flexibility index (Phi) is 13.9. The van der Waals surface area contributed by atoms with Gasteiger partial charge in [0, 0.05) is 58.9 Å². The van der Waals surface area contributed by atoms with Crippen molar-refractivity contribution in [2.24, 2.45) is 0 Å². The summed E-state index contributed by atoms with van der Waals surface area (Å²) in [6.45, 7) is 17.7. The fourth-order valence-corrected chi connectivity index (χ4v) is 3.54. The number of carbonyl (C=O) groups is 1. The van der Waals surface area contributed by atoms with Crippen molar-refractivity contribution in [1.82, 2.24) is 30.2 Å². The first-order valence-electron chi connectivity index (χ1n) is 10.9. The minimum Gasteiger partial charge on any atom is -0.339 e. The van der Waals surface area contributed by atoms with Crippen LogP contribution in [0.4, 0.5) is 0 Å². The summed E-state index contributed by atoms with van der Waals surface area (Å²) in [6.07, 6.45) is 0.614. The Balaban J connectivity index is 2.85. The number of amides is 1. The second kappa shape index (κ2) is 15.3. The van der Waals surface area contributed by atoms with E-state index in [2.05, 4.69) is 46.1 Å². The summed E-state index contributed by atoms with van der Waals surface area (Å²) in [5.41, 5.74) is 0. The molecule has 0 aromatic carbocycles. The van der Waals surface area contributed by atoms with Crippen LogP contribution >= 0.6 is 0 Å². The Morgan fingerprint density at radius 2 is 1.21 bits per heavy atom. The summed E-state index contributed by atoms with van der Waals surface area (Å²) in [7, 11) is 11.2. The van der Waals surface area contributed by atoms with Crippen LogP contribution in [0.1, 0.15) is 20.8 Å². The highest BCUT2D eigenvalue weighted by Crippen LogP contribution is 2.03. The predicted molar refractivity (Wildman–Crippen MR) is 119 cm³/mol. The lowest BCUT2D eigenvalue weighted by Crippen LogP contribution is -2.55. The molecule has 7 nitrogen and oxygen atoms in total. The third kappa shape index (κ3) is 9.27. The minimum absolute atomic E-state index is 0.103. The van der Waals surface area contributed by atoms with E-state index in [1.807, 2.05) is 4.90 Å². The fraction of sp³-hybridized carbons (Fsp3) is 0.947. The first-order chi connectivity index (χ1) is 13.6. The van der Waals surface area contributed by atoms with Gasteiger partial charge in [-0.15, -0.1) is 0 Å². The van der Waals surface area contributed by atoms with Crippen molar-refractivity contribution in [3.05, 3.63) is 0 Å². The van der Waals surface area contributed by atoms with Crippen molar-refractivity contribution in [2.45, 2.75) is 26.8 Å². The maximum atomic E-state index is 13.2. The molecule has 0 aliphatic carbocycles. The van der Waals surface area contributed by atoms with Crippen LogP contribution in [0.15, 0.2) is 0 Å². The molecule has 1 heterocycles. The molecule has 1 saturated heterocycles. The van der Waals surface area contributed by atoms with Crippen LogP contribution in [0.5, 0.6) is 0 Å². The molecule has 0 bridgehead atoms. The average molecular weight is 390 g/mol. The Labute approximate surface area is 175 Å². The second-order valence-corrected chi connectivity index (χ2v) is 7.25. The van der Waals surface area contributed by atoms with E-state index in [0.717, 1.165) is 72.0 Å². The first kappa shape index (κ1) is 25.4. The molecule has 1 aliphatic heterocycles. The molecule has 4 radical (unpaired) electrons. The molecule has 9 heteroatoms. The zero-order valence-electron chi connectivity index (χ0n) is 18.3. The van der Waals surface area contributed by atoms with Crippen molar-refractivity contribution in [3.63, 3.8) is 0 Å². The summed E-state index contributed by atoms with van der Waals surface area (Å²) in [5, 5.41) is 6.16. The van der Waals surface area contributed by atoms with Crippen LogP contribution in [0.2, 0.25) is 0 Å². The van der Waals surface area contributed by atoms with Crippen LogP contribution in [0.25, 0.3) is 0 Å². The number of hydrogen-bond acceptors (Lipinski definition) is 6. The third-order valence-corrected chi connectivity index (χ3v) is 5.65. The van der Waals surface area contributed by atoms with E-state index in [1.54, 1.807) is 0 Å². The van der Waals surface area contributed by atoms with E-state index in [4.69, 9.17) is 15.7 Å². The Morgan fingerprint density at radius 3 is 1.57 bits per heavy atom. The van der Waals surface area contributed by atoms with Gasteiger partial charge in [0.1, 0.15) is 0 Å². The van der Waals surface area contributed by atoms with Crippen LogP contribution in [0, 0.1) is 0 Å². The van der Waals surface area contributed by atoms with E-state index in [0.29, 0.717) is 13.0 Å². The SMILES string of the molecule is [B]CNCC(NC[B])C(=O)N1CCN(CC)CCN(CC)CCN(CC)CC1. The second-order valence-electron chi connectivity index (χ2n) is 7.25. The monoisotopic (exact) mass is 390 g/mol. The quantitative estimate of drug-likeness (QED) is 0.473. The molecule has 0 aromatic heterocycles. The maximum absolute atomic E-state index is 13.2. The summed E-state index contributed by atoms with van der Waals surface area (Å²) in [5.74, 6) is 0.103. The molecule has 1 aliphatic rings. The van der Waals surface area contributed by atoms with Gasteiger partial charge in [0.15, 0.2) is 0 Å². The fourth-order valence-electron chi connectivity index (χ4n) is 3.54. The lowest BCUT2D eigenvalue weighted by Gasteiger charge is -2.35. The first-order valence-corrected chi connectivity index (χ1v) is 10.9. The summed E-state index contributed by atoms with van der Waals surface area (Å²) in [6, 6.07) is -0.345. The van der Waals surface area contributed by atoms with Crippen LogP contribution < -0.4 is 10.6 Å². The molecule has 0 saturated carbocycles. The zero-order chi connectivity index (χ0) is 20.8. The normalized spacial score (nSPS) is 20.5. The van der Waals surface area contributed by atoms with E-state index in [9.17, 15) is 4.79 Å². The van der Waals surface area contributed by atoms with Crippen LogP contribution in [-0.4, -0.2) is 139 Å². The van der Waals surface area contributed by atoms with Gasteiger partial charge in [0.05, 0.1) is 21.7 Å². The lowest BCUT2D eigenvalue weighted by atomic mass is 10.1. The summed E-state index contributed by atoms with van der Waals surface area (Å²) < 4.78 is 0. The molecule has 2 N–H and O–H groups in total. The van der Waals surface area contributed by atoms with Gasteiger partial charge in [0.2, 0.25) is 5.91 Å². The number of carbonyl (C=O) groups excluding carboxylic acids is 1. The van der Waals surface area contributed by atoms with E-state index >= 15 is 0 Å². The summed E-state index contributed by atoms with van der Waals surface area (Å²) >= 11 is 0. The molecule has 0 spiro atoms. The van der Waals surface area contributed by atoms with E-state index in [-0.39, 0.29) is 18.4 Å². The topological polar surface area (TPSA) is 54.1 Å². The van der Waals surface area contributed by atoms with Crippen LogP contribution in [-0.2, 0) is 4.79 Å². The average Bonchev–Trinajstić information content (AvgIpc) is 2.71. The van der Waals surface area contributed by atoms with Crippen molar-refractivity contribution in [1.29, 1.82) is 0 Å². The zero-order valence-corrected chi connectivity index (χ0v) is 18.3. The Hall–Kier alpha value is -0.600. The highest BCUT2D eigenvalue weighted by atomic mass is 16.2. The van der Waals surface area contributed by atoms with Gasteiger partial charge in [-0.1, -0.05) is 20.8 Å². The summed E-state index contributed by atoms with van der Waals surface area (Å²) in [4.78, 5) is 22.6. The van der Waals surface area contributed by atoms with Gasteiger partial charge < -0.3 is 30.2 Å². The van der Waals surface area contributed by atoms with Crippen molar-refractivity contribution < 1.29 is 4.79 Å². The van der Waals surface area contributed by atoms with Gasteiger partial charge in [-0.3, -0.25) is 4.79 Å². The molecule has 1 unspecified atom stereocenters. The number of hydrogen-bond donors (Lipinski definition) is 2. The van der Waals surface area contributed by atoms with E-state index in [1.165, 1.54) is 0 Å². The maximum Gasteiger partial charge on any atom is 0.241 e. The Bertz CT molecular complexity index is 398. The molecule has 158 valence electrons. The lowest BCUT2D eigenvalue weighted by molar-refractivity contribution is -0.133. The van der Waals surface area contributed by atoms with E-state index < -0.39 is 0 Å². The number of nitrogens with zero attached hydrogens (tertiary/aromatic N) is 4. The highest BCUT2D eigenvalue weighted by Gasteiger charge is 2.24. The van der Waals surface area contributed by atoms with Crippen LogP contribution in [0.3, 0.4) is 0 Å². The minimum atomic E-state index is -0.345. The van der Waals surface area contributed by atoms with Gasteiger partial charge in [-0.05, 0) is 32.5 Å². The number of nitrogens with one attached hydrogen (secondary N) is 2. The standard InChI is InChI=1S/C19H40B2N6O/c1-4-24-7-9-25(5-2)11-13-27(14-12-26(6-3)10-8-24)19(28)18(23-17-21)15-22-16-20/h18,22-23H,4-17H2,1-3H3. The Morgan fingerprint density at radius 1 is 0.786 bits per heavy atom. The van der Waals surface area contributed by atoms with Crippen molar-refractivity contribution in [3.8, 4) is 0 Å². The largest absolute Gasteiger partial charge is 0.339 e. The van der Waals surface area contributed by atoms with Gasteiger partial charge in [0.25, 0.3) is 0 Å². The molecule has 1 fully saturated rings. The van der Waals surface area contributed by atoms with Crippen molar-refractivity contribution >= 4 is 21.6 Å². The number of rotatable bonds is 9. The molecule has 1 atom stereocenters. The van der Waals surface area contributed by atoms with Crippen molar-refractivity contribution in [2.75, 3.05) is 91.4 Å². The molecule has 28 heavy (non-hydrogen) atoms. The third-order valence-electron chi connectivity index (χ3n) is 5.65. The molecular formula is C19H40B2N6O. The van der Waals surface area contributed by atoms with Gasteiger partial charge >= 0.3 is 0 Å². The highest BCUT2D eigenvalue weighted by molar-refractivity contribution is 6.09. The molecule has 1 amide bonds. The number of likely N-dealkylation sites (N-methyl/N-ethyl adjacent to an activating group) is 3. The smallest absolute Gasteiger partial charge is 0.241 e.